The zero-order valence-corrected chi connectivity index (χ0v) is 7.30. The Kier molecular flexibility index (Phi) is 2.96. The van der Waals surface area contributed by atoms with Crippen LogP contribution in [0.25, 0.3) is 0 Å². The monoisotopic (exact) mass is 152 g/mol. The molecule has 0 aliphatic heterocycles. The fraction of sp³-hybridized carbons (Fsp3) is 0.800. The number of hydrogen-bond acceptors (Lipinski definition) is 1. The first kappa shape index (κ1) is 8.62. The molecule has 0 radical (unpaired) electrons. The summed E-state index contributed by atoms with van der Waals surface area (Å²) < 4.78 is 0. The van der Waals surface area contributed by atoms with Gasteiger partial charge in [-0.2, -0.15) is 0 Å². The summed E-state index contributed by atoms with van der Waals surface area (Å²) in [5.41, 5.74) is 0. The lowest BCUT2D eigenvalue weighted by Crippen LogP contribution is -2.18. The van der Waals surface area contributed by atoms with E-state index in [4.69, 9.17) is 0 Å². The number of rotatable bonds is 3. The first-order valence-corrected chi connectivity index (χ1v) is 4.33. The highest BCUT2D eigenvalue weighted by Crippen LogP contribution is 2.38. The molecule has 0 aromatic heterocycles. The number of aliphatic hydroxyl groups is 1. The summed E-state index contributed by atoms with van der Waals surface area (Å²) in [4.78, 5) is 0. The van der Waals surface area contributed by atoms with Crippen molar-refractivity contribution in [2.45, 2.75) is 39.2 Å². The molecule has 0 aromatic rings. The van der Waals surface area contributed by atoms with E-state index in [1.54, 1.807) is 0 Å². The Morgan fingerprint density at radius 2 is 2.18 bits per heavy atom. The van der Waals surface area contributed by atoms with E-state index in [-0.39, 0.29) is 6.10 Å². The fourth-order valence-corrected chi connectivity index (χ4v) is 1.33. The average molecular weight is 152 g/mol. The second-order valence-corrected chi connectivity index (χ2v) is 3.39. The summed E-state index contributed by atoms with van der Waals surface area (Å²) in [6.07, 6.45) is 3.05. The van der Waals surface area contributed by atoms with Crippen molar-refractivity contribution in [1.29, 1.82) is 0 Å². The van der Waals surface area contributed by atoms with Gasteiger partial charge in [-0.1, -0.05) is 6.92 Å². The van der Waals surface area contributed by atoms with Gasteiger partial charge in [-0.3, -0.25) is 0 Å². The molecule has 1 nitrogen and oxygen atoms in total. The van der Waals surface area contributed by atoms with E-state index in [1.165, 1.54) is 12.8 Å². The summed E-state index contributed by atoms with van der Waals surface area (Å²) in [5.74, 6) is 6.95. The molecule has 62 valence electrons. The molecule has 1 fully saturated rings. The molecule has 2 atom stereocenters. The maximum absolute atomic E-state index is 9.56. The van der Waals surface area contributed by atoms with E-state index in [0.29, 0.717) is 12.3 Å². The molecule has 0 saturated heterocycles. The molecule has 1 saturated carbocycles. The van der Waals surface area contributed by atoms with E-state index < -0.39 is 0 Å². The van der Waals surface area contributed by atoms with Gasteiger partial charge in [-0.15, -0.1) is 11.8 Å². The Balaban J connectivity index is 2.25. The van der Waals surface area contributed by atoms with Crippen LogP contribution in [-0.2, 0) is 0 Å². The summed E-state index contributed by atoms with van der Waals surface area (Å²) in [5, 5.41) is 9.56. The van der Waals surface area contributed by atoms with Crippen LogP contribution in [0.5, 0.6) is 0 Å². The van der Waals surface area contributed by atoms with Crippen LogP contribution in [0.1, 0.15) is 33.1 Å². The van der Waals surface area contributed by atoms with Gasteiger partial charge in [0.05, 0.1) is 6.10 Å². The van der Waals surface area contributed by atoms with E-state index >= 15 is 0 Å². The molecule has 11 heavy (non-hydrogen) atoms. The zero-order valence-electron chi connectivity index (χ0n) is 7.30. The van der Waals surface area contributed by atoms with Crippen LogP contribution in [0.2, 0.25) is 0 Å². The van der Waals surface area contributed by atoms with Gasteiger partial charge in [0.25, 0.3) is 0 Å². The van der Waals surface area contributed by atoms with Crippen LogP contribution in [0.15, 0.2) is 0 Å². The minimum atomic E-state index is -0.199. The first-order chi connectivity index (χ1) is 5.25. The Bertz CT molecular complexity index is 171. The topological polar surface area (TPSA) is 20.2 Å². The zero-order chi connectivity index (χ0) is 8.27. The van der Waals surface area contributed by atoms with Crippen molar-refractivity contribution in [2.75, 3.05) is 0 Å². The van der Waals surface area contributed by atoms with Crippen LogP contribution < -0.4 is 0 Å². The Hall–Kier alpha value is -0.480. The highest BCUT2D eigenvalue weighted by molar-refractivity contribution is 4.98. The molecule has 0 aromatic carbocycles. The molecule has 1 aliphatic rings. The molecule has 1 aliphatic carbocycles. The van der Waals surface area contributed by atoms with E-state index in [1.807, 2.05) is 6.92 Å². The Morgan fingerprint density at radius 1 is 1.55 bits per heavy atom. The summed E-state index contributed by atoms with van der Waals surface area (Å²) >= 11 is 0. The predicted molar refractivity (Wildman–Crippen MR) is 46.0 cm³/mol. The highest BCUT2D eigenvalue weighted by atomic mass is 16.3. The lowest BCUT2D eigenvalue weighted by atomic mass is 9.97. The van der Waals surface area contributed by atoms with Gasteiger partial charge < -0.3 is 5.11 Å². The smallest absolute Gasteiger partial charge is 0.0677 e. The van der Waals surface area contributed by atoms with Crippen molar-refractivity contribution in [2.24, 2.45) is 11.8 Å². The van der Waals surface area contributed by atoms with Crippen LogP contribution in [-0.4, -0.2) is 11.2 Å². The molecular weight excluding hydrogens is 136 g/mol. The molecule has 0 heterocycles. The lowest BCUT2D eigenvalue weighted by molar-refractivity contribution is 0.110. The molecule has 0 spiro atoms. The second-order valence-electron chi connectivity index (χ2n) is 3.39. The molecule has 0 bridgehead atoms. The van der Waals surface area contributed by atoms with Gasteiger partial charge in [0.1, 0.15) is 0 Å². The predicted octanol–water partition coefficient (Wildman–Crippen LogP) is 1.81. The number of aliphatic hydroxyl groups excluding tert-OH is 1. The highest BCUT2D eigenvalue weighted by Gasteiger charge is 2.31. The van der Waals surface area contributed by atoms with Gasteiger partial charge in [0.2, 0.25) is 0 Å². The minimum Gasteiger partial charge on any atom is -0.392 e. The minimum absolute atomic E-state index is 0.199. The quantitative estimate of drug-likeness (QED) is 0.611. The van der Waals surface area contributed by atoms with Crippen LogP contribution in [0, 0.1) is 23.7 Å². The molecule has 1 N–H and O–H groups in total. The van der Waals surface area contributed by atoms with Crippen LogP contribution >= 0.6 is 0 Å². The van der Waals surface area contributed by atoms with Gasteiger partial charge in [-0.25, -0.2) is 0 Å². The molecule has 1 heteroatoms. The molecular formula is C10H16O. The Labute approximate surface area is 68.8 Å². The third kappa shape index (κ3) is 2.55. The molecule has 0 amide bonds. The average Bonchev–Trinajstić information content (AvgIpc) is 2.81. The van der Waals surface area contributed by atoms with Crippen molar-refractivity contribution in [3.8, 4) is 11.8 Å². The SMILES string of the molecule is CC#CCC(O)C(C)C1CC1. The van der Waals surface area contributed by atoms with Gasteiger partial charge in [0, 0.05) is 6.42 Å². The molecule has 2 unspecified atom stereocenters. The van der Waals surface area contributed by atoms with Gasteiger partial charge >= 0.3 is 0 Å². The van der Waals surface area contributed by atoms with Crippen molar-refractivity contribution in [3.05, 3.63) is 0 Å². The van der Waals surface area contributed by atoms with Crippen LogP contribution in [0.4, 0.5) is 0 Å². The maximum atomic E-state index is 9.56. The van der Waals surface area contributed by atoms with Crippen molar-refractivity contribution in [3.63, 3.8) is 0 Å². The van der Waals surface area contributed by atoms with E-state index in [2.05, 4.69) is 18.8 Å². The lowest BCUT2D eigenvalue weighted by Gasteiger charge is -2.14. The molecule has 1 rings (SSSR count). The van der Waals surface area contributed by atoms with E-state index in [9.17, 15) is 5.11 Å². The van der Waals surface area contributed by atoms with Gasteiger partial charge in [-0.05, 0) is 31.6 Å². The largest absolute Gasteiger partial charge is 0.392 e. The summed E-state index contributed by atoms with van der Waals surface area (Å²) in [7, 11) is 0. The standard InChI is InChI=1S/C10H16O/c1-3-4-5-10(11)8(2)9-6-7-9/h8-11H,5-7H2,1-2H3. The third-order valence-electron chi connectivity index (χ3n) is 2.46. The normalized spacial score (nSPS) is 21.7. The summed E-state index contributed by atoms with van der Waals surface area (Å²) in [6.45, 7) is 3.94. The van der Waals surface area contributed by atoms with Crippen molar-refractivity contribution >= 4 is 0 Å². The fourth-order valence-electron chi connectivity index (χ4n) is 1.33. The van der Waals surface area contributed by atoms with Crippen LogP contribution in [0.3, 0.4) is 0 Å². The van der Waals surface area contributed by atoms with Gasteiger partial charge in [0.15, 0.2) is 0 Å². The first-order valence-electron chi connectivity index (χ1n) is 4.33. The summed E-state index contributed by atoms with van der Waals surface area (Å²) in [6, 6.07) is 0. The van der Waals surface area contributed by atoms with Crippen molar-refractivity contribution < 1.29 is 5.11 Å². The van der Waals surface area contributed by atoms with Crippen molar-refractivity contribution in [1.82, 2.24) is 0 Å². The number of hydrogen-bond donors (Lipinski definition) is 1. The third-order valence-corrected chi connectivity index (χ3v) is 2.46. The maximum Gasteiger partial charge on any atom is 0.0677 e. The van der Waals surface area contributed by atoms with E-state index in [0.717, 1.165) is 5.92 Å². The Morgan fingerprint density at radius 3 is 2.64 bits per heavy atom. The second kappa shape index (κ2) is 3.78.